The number of imidazole rings is 1. The van der Waals surface area contributed by atoms with Crippen LogP contribution in [0.1, 0.15) is 29.7 Å². The number of rotatable bonds is 5. The molecule has 3 aromatic rings. The van der Waals surface area contributed by atoms with Gasteiger partial charge in [0.1, 0.15) is 5.71 Å². The first-order chi connectivity index (χ1) is 12.1. The van der Waals surface area contributed by atoms with Crippen molar-refractivity contribution in [3.63, 3.8) is 0 Å². The molecule has 128 valence electrons. The molecule has 1 atom stereocenters. The predicted molar refractivity (Wildman–Crippen MR) is 101 cm³/mol. The van der Waals surface area contributed by atoms with Crippen LogP contribution in [0, 0.1) is 0 Å². The maximum Gasteiger partial charge on any atom is 0.110 e. The zero-order valence-corrected chi connectivity index (χ0v) is 15.1. The third kappa shape index (κ3) is 3.86. The number of hydrogen-bond donors (Lipinski definition) is 1. The number of aromatic nitrogens is 2. The Labute approximate surface area is 156 Å². The molecule has 0 spiro atoms. The minimum Gasteiger partial charge on any atom is -0.411 e. The molecule has 25 heavy (non-hydrogen) atoms. The number of hydrogen-bond acceptors (Lipinski definition) is 3. The van der Waals surface area contributed by atoms with Crippen molar-refractivity contribution in [1.29, 1.82) is 0 Å². The van der Waals surface area contributed by atoms with Gasteiger partial charge in [0.15, 0.2) is 0 Å². The molecule has 1 heterocycles. The largest absolute Gasteiger partial charge is 0.411 e. The molecular weight excluding hydrogens is 357 g/mol. The van der Waals surface area contributed by atoms with Crippen LogP contribution in [0.2, 0.25) is 10.0 Å². The SMILES string of the molecule is CC(C(=NO)c1ccccc1Cc1ccc(Cl)cc1Cl)n1ccnc1. The van der Waals surface area contributed by atoms with E-state index in [1.807, 2.05) is 54.1 Å². The lowest BCUT2D eigenvalue weighted by atomic mass is 9.94. The molecule has 3 rings (SSSR count). The van der Waals surface area contributed by atoms with Crippen molar-refractivity contribution in [3.05, 3.63) is 87.9 Å². The fourth-order valence-electron chi connectivity index (χ4n) is 2.80. The van der Waals surface area contributed by atoms with Crippen molar-refractivity contribution in [2.45, 2.75) is 19.4 Å². The lowest BCUT2D eigenvalue weighted by molar-refractivity contribution is 0.315. The van der Waals surface area contributed by atoms with Gasteiger partial charge in [-0.15, -0.1) is 0 Å². The zero-order chi connectivity index (χ0) is 17.8. The highest BCUT2D eigenvalue weighted by molar-refractivity contribution is 6.35. The molecular formula is C19H17Cl2N3O. The summed E-state index contributed by atoms with van der Waals surface area (Å²) in [5, 5.41) is 14.4. The third-order valence-corrected chi connectivity index (χ3v) is 4.75. The van der Waals surface area contributed by atoms with Crippen LogP contribution in [0.3, 0.4) is 0 Å². The van der Waals surface area contributed by atoms with Crippen molar-refractivity contribution in [1.82, 2.24) is 9.55 Å². The lowest BCUT2D eigenvalue weighted by Crippen LogP contribution is -2.18. The van der Waals surface area contributed by atoms with Crippen LogP contribution in [0.5, 0.6) is 0 Å². The van der Waals surface area contributed by atoms with E-state index < -0.39 is 0 Å². The Kier molecular flexibility index (Phi) is 5.41. The quantitative estimate of drug-likeness (QED) is 0.378. The van der Waals surface area contributed by atoms with Crippen LogP contribution < -0.4 is 0 Å². The number of nitrogens with zero attached hydrogens (tertiary/aromatic N) is 3. The second-order valence-corrected chi connectivity index (χ2v) is 6.58. The summed E-state index contributed by atoms with van der Waals surface area (Å²) < 4.78 is 1.89. The van der Waals surface area contributed by atoms with Crippen LogP contribution >= 0.6 is 23.2 Å². The maximum absolute atomic E-state index is 9.64. The Morgan fingerprint density at radius 2 is 2.00 bits per heavy atom. The summed E-state index contributed by atoms with van der Waals surface area (Å²) in [6.07, 6.45) is 5.86. The van der Waals surface area contributed by atoms with Crippen molar-refractivity contribution < 1.29 is 5.21 Å². The monoisotopic (exact) mass is 373 g/mol. The topological polar surface area (TPSA) is 50.4 Å². The number of oxime groups is 1. The van der Waals surface area contributed by atoms with Gasteiger partial charge in [0, 0.05) is 28.0 Å². The van der Waals surface area contributed by atoms with E-state index in [0.717, 1.165) is 16.7 Å². The van der Waals surface area contributed by atoms with Crippen molar-refractivity contribution in [2.75, 3.05) is 0 Å². The van der Waals surface area contributed by atoms with E-state index in [1.165, 1.54) is 0 Å². The Balaban J connectivity index is 1.97. The predicted octanol–water partition coefficient (Wildman–Crippen LogP) is 5.22. The highest BCUT2D eigenvalue weighted by Crippen LogP contribution is 2.26. The molecule has 0 aliphatic heterocycles. The van der Waals surface area contributed by atoms with E-state index in [9.17, 15) is 5.21 Å². The normalized spacial score (nSPS) is 13.0. The van der Waals surface area contributed by atoms with Gasteiger partial charge in [-0.25, -0.2) is 4.98 Å². The van der Waals surface area contributed by atoms with Gasteiger partial charge in [-0.1, -0.05) is 58.7 Å². The lowest BCUT2D eigenvalue weighted by Gasteiger charge is -2.18. The molecule has 1 N–H and O–H groups in total. The Hall–Kier alpha value is -2.30. The maximum atomic E-state index is 9.64. The smallest absolute Gasteiger partial charge is 0.110 e. The van der Waals surface area contributed by atoms with E-state index in [0.29, 0.717) is 22.2 Å². The Bertz CT molecular complexity index is 891. The fraction of sp³-hybridized carbons (Fsp3) is 0.158. The Morgan fingerprint density at radius 1 is 1.20 bits per heavy atom. The molecule has 0 radical (unpaired) electrons. The van der Waals surface area contributed by atoms with E-state index in [-0.39, 0.29) is 6.04 Å². The minimum atomic E-state index is -0.158. The summed E-state index contributed by atoms with van der Waals surface area (Å²) in [7, 11) is 0. The summed E-state index contributed by atoms with van der Waals surface area (Å²) in [6, 6.07) is 13.1. The van der Waals surface area contributed by atoms with Gasteiger partial charge in [-0.3, -0.25) is 0 Å². The molecule has 0 saturated heterocycles. The summed E-state index contributed by atoms with van der Waals surface area (Å²) in [5.41, 5.74) is 3.42. The van der Waals surface area contributed by atoms with E-state index in [2.05, 4.69) is 10.1 Å². The highest BCUT2D eigenvalue weighted by Gasteiger charge is 2.18. The number of benzene rings is 2. The first kappa shape index (κ1) is 17.5. The number of halogens is 2. The molecule has 6 heteroatoms. The van der Waals surface area contributed by atoms with Crippen LogP contribution in [0.15, 0.2) is 66.3 Å². The molecule has 2 aromatic carbocycles. The van der Waals surface area contributed by atoms with Crippen LogP contribution in [0.4, 0.5) is 0 Å². The molecule has 0 aliphatic carbocycles. The average molecular weight is 374 g/mol. The standard InChI is InChI=1S/C19H17Cl2N3O/c1-13(24-9-8-22-12-24)19(23-25)17-5-3-2-4-14(17)10-15-6-7-16(20)11-18(15)21/h2-9,11-13,25H,10H2,1H3. The molecule has 4 nitrogen and oxygen atoms in total. The second-order valence-electron chi connectivity index (χ2n) is 5.74. The molecule has 0 saturated carbocycles. The molecule has 0 aliphatic rings. The van der Waals surface area contributed by atoms with Gasteiger partial charge in [0.2, 0.25) is 0 Å². The fourth-order valence-corrected chi connectivity index (χ4v) is 3.27. The first-order valence-corrected chi connectivity index (χ1v) is 8.57. The van der Waals surface area contributed by atoms with Gasteiger partial charge in [0.05, 0.1) is 12.4 Å². The molecule has 0 bridgehead atoms. The van der Waals surface area contributed by atoms with Gasteiger partial charge >= 0.3 is 0 Å². The summed E-state index contributed by atoms with van der Waals surface area (Å²) >= 11 is 12.3. The van der Waals surface area contributed by atoms with Gasteiger partial charge < -0.3 is 9.77 Å². The molecule has 1 unspecified atom stereocenters. The third-order valence-electron chi connectivity index (χ3n) is 4.16. The van der Waals surface area contributed by atoms with Crippen LogP contribution in [-0.4, -0.2) is 20.5 Å². The highest BCUT2D eigenvalue weighted by atomic mass is 35.5. The van der Waals surface area contributed by atoms with E-state index in [1.54, 1.807) is 18.6 Å². The van der Waals surface area contributed by atoms with Crippen LogP contribution in [-0.2, 0) is 6.42 Å². The zero-order valence-electron chi connectivity index (χ0n) is 13.6. The molecule has 0 amide bonds. The van der Waals surface area contributed by atoms with Crippen LogP contribution in [0.25, 0.3) is 0 Å². The summed E-state index contributed by atoms with van der Waals surface area (Å²) in [5.74, 6) is 0. The van der Waals surface area contributed by atoms with Crippen molar-refractivity contribution in [2.24, 2.45) is 5.16 Å². The van der Waals surface area contributed by atoms with Gasteiger partial charge in [-0.05, 0) is 36.6 Å². The van der Waals surface area contributed by atoms with Gasteiger partial charge in [-0.2, -0.15) is 0 Å². The van der Waals surface area contributed by atoms with Crippen molar-refractivity contribution >= 4 is 28.9 Å². The molecule has 0 fully saturated rings. The van der Waals surface area contributed by atoms with E-state index in [4.69, 9.17) is 23.2 Å². The summed E-state index contributed by atoms with van der Waals surface area (Å²) in [4.78, 5) is 4.06. The van der Waals surface area contributed by atoms with Gasteiger partial charge in [0.25, 0.3) is 0 Å². The first-order valence-electron chi connectivity index (χ1n) is 7.81. The second kappa shape index (κ2) is 7.72. The molecule has 1 aromatic heterocycles. The van der Waals surface area contributed by atoms with Crippen molar-refractivity contribution in [3.8, 4) is 0 Å². The summed E-state index contributed by atoms with van der Waals surface area (Å²) in [6.45, 7) is 1.96. The Morgan fingerprint density at radius 3 is 2.68 bits per heavy atom. The minimum absolute atomic E-state index is 0.158. The van der Waals surface area contributed by atoms with E-state index >= 15 is 0 Å². The average Bonchev–Trinajstić information content (AvgIpc) is 3.14.